The standard InChI is InChI=1S/C11H11BrCl2O/c1-7(15)11(2,6-12)8-3-4-9(13)10(14)5-8/h3-5H,6H2,1-2H3. The van der Waals surface area contributed by atoms with Gasteiger partial charge in [0.25, 0.3) is 0 Å². The van der Waals surface area contributed by atoms with Gasteiger partial charge in [-0.15, -0.1) is 0 Å². The monoisotopic (exact) mass is 308 g/mol. The Balaban J connectivity index is 3.25. The fourth-order valence-corrected chi connectivity index (χ4v) is 2.23. The summed E-state index contributed by atoms with van der Waals surface area (Å²) in [4.78, 5) is 11.6. The molecule has 0 saturated heterocycles. The van der Waals surface area contributed by atoms with Crippen molar-refractivity contribution in [1.29, 1.82) is 0 Å². The SMILES string of the molecule is CC(=O)C(C)(CBr)c1ccc(Cl)c(Cl)c1. The predicted molar refractivity (Wildman–Crippen MR) is 68.3 cm³/mol. The summed E-state index contributed by atoms with van der Waals surface area (Å²) in [5.74, 6) is 0.0952. The van der Waals surface area contributed by atoms with Gasteiger partial charge < -0.3 is 0 Å². The molecule has 4 heteroatoms. The van der Waals surface area contributed by atoms with E-state index in [9.17, 15) is 4.79 Å². The number of ketones is 1. The second-order valence-electron chi connectivity index (χ2n) is 3.65. The second-order valence-corrected chi connectivity index (χ2v) is 5.03. The second kappa shape index (κ2) is 4.86. The maximum atomic E-state index is 11.6. The lowest BCUT2D eigenvalue weighted by Crippen LogP contribution is -2.32. The van der Waals surface area contributed by atoms with Crippen LogP contribution in [0.5, 0.6) is 0 Å². The van der Waals surface area contributed by atoms with E-state index in [1.54, 1.807) is 19.1 Å². The first kappa shape index (κ1) is 13.0. The normalized spacial score (nSPS) is 14.7. The van der Waals surface area contributed by atoms with Crippen LogP contribution in [0, 0.1) is 0 Å². The summed E-state index contributed by atoms with van der Waals surface area (Å²) in [7, 11) is 0. The van der Waals surface area contributed by atoms with Crippen LogP contribution in [0.2, 0.25) is 10.0 Å². The van der Waals surface area contributed by atoms with E-state index in [0.29, 0.717) is 15.4 Å². The highest BCUT2D eigenvalue weighted by molar-refractivity contribution is 9.09. The van der Waals surface area contributed by atoms with E-state index in [0.717, 1.165) is 5.56 Å². The van der Waals surface area contributed by atoms with Crippen molar-refractivity contribution in [2.45, 2.75) is 19.3 Å². The van der Waals surface area contributed by atoms with Gasteiger partial charge in [-0.25, -0.2) is 0 Å². The lowest BCUT2D eigenvalue weighted by Gasteiger charge is -2.25. The van der Waals surface area contributed by atoms with Crippen molar-refractivity contribution in [1.82, 2.24) is 0 Å². The Bertz CT molecular complexity index is 392. The molecule has 82 valence electrons. The van der Waals surface area contributed by atoms with Crippen molar-refractivity contribution in [3.8, 4) is 0 Å². The van der Waals surface area contributed by atoms with Gasteiger partial charge in [0.2, 0.25) is 0 Å². The zero-order valence-corrected chi connectivity index (χ0v) is 11.6. The molecule has 0 heterocycles. The first-order chi connectivity index (χ1) is 6.91. The van der Waals surface area contributed by atoms with E-state index in [4.69, 9.17) is 23.2 Å². The lowest BCUT2D eigenvalue weighted by molar-refractivity contribution is -0.121. The third-order valence-electron chi connectivity index (χ3n) is 2.60. The van der Waals surface area contributed by atoms with Gasteiger partial charge in [0.15, 0.2) is 0 Å². The van der Waals surface area contributed by atoms with Crippen molar-refractivity contribution < 1.29 is 4.79 Å². The Morgan fingerprint density at radius 1 is 1.40 bits per heavy atom. The van der Waals surface area contributed by atoms with Crippen LogP contribution in [0.25, 0.3) is 0 Å². The molecule has 1 rings (SSSR count). The summed E-state index contributed by atoms with van der Waals surface area (Å²) in [6.45, 7) is 3.45. The highest BCUT2D eigenvalue weighted by atomic mass is 79.9. The number of hydrogen-bond acceptors (Lipinski definition) is 1. The molecule has 15 heavy (non-hydrogen) atoms. The first-order valence-corrected chi connectivity index (χ1v) is 6.32. The van der Waals surface area contributed by atoms with E-state index in [1.807, 2.05) is 13.0 Å². The molecule has 1 atom stereocenters. The number of alkyl halides is 1. The molecule has 0 aliphatic carbocycles. The molecule has 0 spiro atoms. The van der Waals surface area contributed by atoms with Crippen molar-refractivity contribution in [3.63, 3.8) is 0 Å². The highest BCUT2D eigenvalue weighted by Gasteiger charge is 2.31. The molecule has 0 aliphatic heterocycles. The molecule has 0 fully saturated rings. The van der Waals surface area contributed by atoms with Crippen molar-refractivity contribution in [3.05, 3.63) is 33.8 Å². The fraction of sp³-hybridized carbons (Fsp3) is 0.364. The Morgan fingerprint density at radius 2 is 2.00 bits per heavy atom. The van der Waals surface area contributed by atoms with Gasteiger partial charge in [0.1, 0.15) is 5.78 Å². The number of benzene rings is 1. The Hall–Kier alpha value is -0.0500. The molecule has 1 aromatic carbocycles. The van der Waals surface area contributed by atoms with Crippen molar-refractivity contribution >= 4 is 44.9 Å². The van der Waals surface area contributed by atoms with Gasteiger partial charge in [-0.05, 0) is 31.5 Å². The van der Waals surface area contributed by atoms with E-state index in [2.05, 4.69) is 15.9 Å². The van der Waals surface area contributed by atoms with Gasteiger partial charge >= 0.3 is 0 Å². The molecule has 0 aromatic heterocycles. The number of rotatable bonds is 3. The maximum Gasteiger partial charge on any atom is 0.140 e. The third-order valence-corrected chi connectivity index (χ3v) is 4.46. The smallest absolute Gasteiger partial charge is 0.140 e. The van der Waals surface area contributed by atoms with Crippen LogP contribution in [0.15, 0.2) is 18.2 Å². The molecule has 1 aromatic rings. The average molecular weight is 310 g/mol. The molecule has 0 N–H and O–H groups in total. The molecule has 1 unspecified atom stereocenters. The quantitative estimate of drug-likeness (QED) is 0.763. The Morgan fingerprint density at radius 3 is 2.40 bits per heavy atom. The van der Waals surface area contributed by atoms with Crippen LogP contribution in [0.3, 0.4) is 0 Å². The van der Waals surface area contributed by atoms with Gasteiger partial charge in [-0.3, -0.25) is 4.79 Å². The van der Waals surface area contributed by atoms with Gasteiger partial charge in [-0.2, -0.15) is 0 Å². The van der Waals surface area contributed by atoms with E-state index >= 15 is 0 Å². The van der Waals surface area contributed by atoms with Crippen molar-refractivity contribution in [2.75, 3.05) is 5.33 Å². The van der Waals surface area contributed by atoms with E-state index in [1.165, 1.54) is 0 Å². The summed E-state index contributed by atoms with van der Waals surface area (Å²) < 4.78 is 0. The fourth-order valence-electron chi connectivity index (χ4n) is 1.21. The molecule has 0 saturated carbocycles. The van der Waals surface area contributed by atoms with Crippen LogP contribution >= 0.6 is 39.1 Å². The number of carbonyl (C=O) groups is 1. The van der Waals surface area contributed by atoms with Gasteiger partial charge in [-0.1, -0.05) is 45.2 Å². The third kappa shape index (κ3) is 2.55. The summed E-state index contributed by atoms with van der Waals surface area (Å²) in [6.07, 6.45) is 0. The molecule has 0 bridgehead atoms. The highest BCUT2D eigenvalue weighted by Crippen LogP contribution is 2.32. The number of hydrogen-bond donors (Lipinski definition) is 0. The molecular formula is C11H11BrCl2O. The minimum atomic E-state index is -0.547. The summed E-state index contributed by atoms with van der Waals surface area (Å²) in [5, 5.41) is 1.54. The molecular weight excluding hydrogens is 299 g/mol. The minimum absolute atomic E-state index is 0.0952. The molecule has 0 radical (unpaired) electrons. The van der Waals surface area contributed by atoms with E-state index in [-0.39, 0.29) is 5.78 Å². The zero-order chi connectivity index (χ0) is 11.6. The van der Waals surface area contributed by atoms with Crippen LogP contribution in [0.4, 0.5) is 0 Å². The topological polar surface area (TPSA) is 17.1 Å². The number of carbonyl (C=O) groups excluding carboxylic acids is 1. The summed E-state index contributed by atoms with van der Waals surface area (Å²) in [5.41, 5.74) is 0.329. The molecule has 1 nitrogen and oxygen atoms in total. The number of halogens is 3. The van der Waals surface area contributed by atoms with Gasteiger partial charge in [0, 0.05) is 5.33 Å². The minimum Gasteiger partial charge on any atom is -0.299 e. The zero-order valence-electron chi connectivity index (χ0n) is 8.48. The van der Waals surface area contributed by atoms with Gasteiger partial charge in [0.05, 0.1) is 15.5 Å². The van der Waals surface area contributed by atoms with Crippen LogP contribution in [-0.4, -0.2) is 11.1 Å². The first-order valence-electron chi connectivity index (χ1n) is 4.44. The summed E-state index contributed by atoms with van der Waals surface area (Å²) in [6, 6.07) is 5.28. The molecule has 0 amide bonds. The van der Waals surface area contributed by atoms with Crippen LogP contribution < -0.4 is 0 Å². The lowest BCUT2D eigenvalue weighted by atomic mass is 9.81. The largest absolute Gasteiger partial charge is 0.299 e. The van der Waals surface area contributed by atoms with E-state index < -0.39 is 5.41 Å². The summed E-state index contributed by atoms with van der Waals surface area (Å²) >= 11 is 15.1. The predicted octanol–water partition coefficient (Wildman–Crippen LogP) is 4.24. The van der Waals surface area contributed by atoms with Crippen LogP contribution in [-0.2, 0) is 10.2 Å². The molecule has 0 aliphatic rings. The van der Waals surface area contributed by atoms with Crippen LogP contribution in [0.1, 0.15) is 19.4 Å². The number of Topliss-reactive ketones (excluding diaryl/α,β-unsaturated/α-hetero) is 1. The Kier molecular flexibility index (Phi) is 4.21. The maximum absolute atomic E-state index is 11.6. The van der Waals surface area contributed by atoms with Crippen molar-refractivity contribution in [2.24, 2.45) is 0 Å². The average Bonchev–Trinajstić information content (AvgIpc) is 2.20. The Labute approximate surface area is 108 Å².